The Balaban J connectivity index is 1.64. The second kappa shape index (κ2) is 9.14. The lowest BCUT2D eigenvalue weighted by Gasteiger charge is -2.21. The van der Waals surface area contributed by atoms with Crippen molar-refractivity contribution >= 4 is 29.1 Å². The molecule has 142 valence electrons. The Morgan fingerprint density at radius 1 is 1.19 bits per heavy atom. The summed E-state index contributed by atoms with van der Waals surface area (Å²) in [5, 5.41) is 6.00. The van der Waals surface area contributed by atoms with Crippen LogP contribution in [-0.2, 0) is 14.3 Å². The number of carbonyl (C=O) groups excluding carboxylic acids is 2. The molecule has 1 saturated heterocycles. The third-order valence-electron chi connectivity index (χ3n) is 4.31. The first-order valence-corrected chi connectivity index (χ1v) is 9.05. The number of para-hydroxylation sites is 1. The Labute approximate surface area is 158 Å². The van der Waals surface area contributed by atoms with Crippen LogP contribution in [0.5, 0.6) is 0 Å². The van der Waals surface area contributed by atoms with Crippen LogP contribution in [0.4, 0.5) is 17.2 Å². The standard InChI is InChI=1S/C20H23N3O4/c1-2-27-20(25)16-5-3-4-6-17(16)23-18-8-7-15(13-21-18)22-19(24)14-9-11-26-12-10-14/h3-8,13-14H,2,9-12H2,1H3,(H,21,23)(H,22,24). The zero-order valence-corrected chi connectivity index (χ0v) is 15.2. The molecule has 0 radical (unpaired) electrons. The number of rotatable bonds is 6. The normalized spacial score (nSPS) is 14.4. The highest BCUT2D eigenvalue weighted by molar-refractivity contribution is 5.96. The molecule has 7 nitrogen and oxygen atoms in total. The van der Waals surface area contributed by atoms with Gasteiger partial charge in [0.15, 0.2) is 0 Å². The third-order valence-corrected chi connectivity index (χ3v) is 4.31. The second-order valence-corrected chi connectivity index (χ2v) is 6.20. The summed E-state index contributed by atoms with van der Waals surface area (Å²) >= 11 is 0. The number of pyridine rings is 1. The van der Waals surface area contributed by atoms with E-state index < -0.39 is 0 Å². The highest BCUT2D eigenvalue weighted by Crippen LogP contribution is 2.22. The van der Waals surface area contributed by atoms with Crippen molar-refractivity contribution in [1.82, 2.24) is 4.98 Å². The van der Waals surface area contributed by atoms with Crippen molar-refractivity contribution in [2.24, 2.45) is 5.92 Å². The van der Waals surface area contributed by atoms with Crippen LogP contribution in [-0.4, -0.2) is 36.7 Å². The molecule has 2 heterocycles. The van der Waals surface area contributed by atoms with E-state index in [1.807, 2.05) is 6.07 Å². The quantitative estimate of drug-likeness (QED) is 0.759. The minimum absolute atomic E-state index is 0.00605. The number of anilines is 3. The summed E-state index contributed by atoms with van der Waals surface area (Å²) in [6.45, 7) is 3.33. The fourth-order valence-corrected chi connectivity index (χ4v) is 2.86. The highest BCUT2D eigenvalue weighted by Gasteiger charge is 2.21. The smallest absolute Gasteiger partial charge is 0.340 e. The Morgan fingerprint density at radius 2 is 1.96 bits per heavy atom. The van der Waals surface area contributed by atoms with E-state index in [1.165, 1.54) is 0 Å². The molecule has 0 unspecified atom stereocenters. The van der Waals surface area contributed by atoms with Gasteiger partial charge < -0.3 is 20.1 Å². The molecule has 0 bridgehead atoms. The summed E-state index contributed by atoms with van der Waals surface area (Å²) in [7, 11) is 0. The van der Waals surface area contributed by atoms with Gasteiger partial charge in [-0.05, 0) is 44.0 Å². The lowest BCUT2D eigenvalue weighted by molar-refractivity contribution is -0.122. The number of amides is 1. The lowest BCUT2D eigenvalue weighted by atomic mass is 9.99. The fraction of sp³-hybridized carbons (Fsp3) is 0.350. The maximum Gasteiger partial charge on any atom is 0.340 e. The molecule has 3 rings (SSSR count). The monoisotopic (exact) mass is 369 g/mol. The number of ether oxygens (including phenoxy) is 2. The van der Waals surface area contributed by atoms with Crippen LogP contribution in [0, 0.1) is 5.92 Å². The Morgan fingerprint density at radius 3 is 2.67 bits per heavy atom. The largest absolute Gasteiger partial charge is 0.462 e. The van der Waals surface area contributed by atoms with E-state index in [4.69, 9.17) is 9.47 Å². The van der Waals surface area contributed by atoms with Crippen LogP contribution in [0.3, 0.4) is 0 Å². The minimum Gasteiger partial charge on any atom is -0.462 e. The van der Waals surface area contributed by atoms with Gasteiger partial charge in [0.2, 0.25) is 5.91 Å². The maximum atomic E-state index is 12.3. The predicted octanol–water partition coefficient (Wildman–Crippen LogP) is 3.37. The molecule has 1 aliphatic rings. The molecule has 2 N–H and O–H groups in total. The predicted molar refractivity (Wildman–Crippen MR) is 102 cm³/mol. The van der Waals surface area contributed by atoms with E-state index >= 15 is 0 Å². The molecule has 2 aromatic rings. The van der Waals surface area contributed by atoms with Gasteiger partial charge in [0.25, 0.3) is 0 Å². The first kappa shape index (κ1) is 18.8. The van der Waals surface area contributed by atoms with E-state index in [0.29, 0.717) is 42.6 Å². The fourth-order valence-electron chi connectivity index (χ4n) is 2.86. The topological polar surface area (TPSA) is 89.6 Å². The summed E-state index contributed by atoms with van der Waals surface area (Å²) < 4.78 is 10.4. The van der Waals surface area contributed by atoms with Crippen LogP contribution in [0.15, 0.2) is 42.6 Å². The van der Waals surface area contributed by atoms with Gasteiger partial charge in [0.05, 0.1) is 29.7 Å². The van der Waals surface area contributed by atoms with Gasteiger partial charge in [0.1, 0.15) is 5.82 Å². The third kappa shape index (κ3) is 5.04. The molecule has 0 spiro atoms. The molecule has 1 fully saturated rings. The number of esters is 1. The van der Waals surface area contributed by atoms with Gasteiger partial charge in [0, 0.05) is 19.1 Å². The van der Waals surface area contributed by atoms with Crippen LogP contribution in [0.1, 0.15) is 30.1 Å². The minimum atomic E-state index is -0.388. The van der Waals surface area contributed by atoms with E-state index in [2.05, 4.69) is 15.6 Å². The van der Waals surface area contributed by atoms with Crippen LogP contribution >= 0.6 is 0 Å². The molecule has 27 heavy (non-hydrogen) atoms. The molecular formula is C20H23N3O4. The van der Waals surface area contributed by atoms with Gasteiger partial charge >= 0.3 is 5.97 Å². The summed E-state index contributed by atoms with van der Waals surface area (Å²) in [5.41, 5.74) is 1.69. The summed E-state index contributed by atoms with van der Waals surface area (Å²) in [4.78, 5) is 28.6. The molecule has 0 saturated carbocycles. The zero-order valence-electron chi connectivity index (χ0n) is 15.2. The van der Waals surface area contributed by atoms with Gasteiger partial charge in [-0.25, -0.2) is 9.78 Å². The summed E-state index contributed by atoms with van der Waals surface area (Å²) in [6, 6.07) is 10.6. The number of carbonyl (C=O) groups is 2. The summed E-state index contributed by atoms with van der Waals surface area (Å²) in [6.07, 6.45) is 3.07. The first-order chi connectivity index (χ1) is 13.2. The van der Waals surface area contributed by atoms with Crippen molar-refractivity contribution in [3.63, 3.8) is 0 Å². The zero-order chi connectivity index (χ0) is 19.1. The van der Waals surface area contributed by atoms with Crippen molar-refractivity contribution < 1.29 is 19.1 Å². The molecular weight excluding hydrogens is 346 g/mol. The van der Waals surface area contributed by atoms with Crippen LogP contribution in [0.25, 0.3) is 0 Å². The van der Waals surface area contributed by atoms with Gasteiger partial charge in [-0.1, -0.05) is 12.1 Å². The number of nitrogens with zero attached hydrogens (tertiary/aromatic N) is 1. The average Bonchev–Trinajstić information content (AvgIpc) is 2.70. The van der Waals surface area contributed by atoms with E-state index in [0.717, 1.165) is 12.8 Å². The number of benzene rings is 1. The Kier molecular flexibility index (Phi) is 6.38. The maximum absolute atomic E-state index is 12.3. The van der Waals surface area contributed by atoms with Crippen molar-refractivity contribution in [1.29, 1.82) is 0 Å². The van der Waals surface area contributed by atoms with Gasteiger partial charge in [-0.2, -0.15) is 0 Å². The van der Waals surface area contributed by atoms with E-state index in [-0.39, 0.29) is 17.8 Å². The molecule has 1 aromatic heterocycles. The van der Waals surface area contributed by atoms with Gasteiger partial charge in [-0.15, -0.1) is 0 Å². The molecule has 1 amide bonds. The lowest BCUT2D eigenvalue weighted by Crippen LogP contribution is -2.28. The molecule has 1 aliphatic heterocycles. The van der Waals surface area contributed by atoms with Gasteiger partial charge in [-0.3, -0.25) is 4.79 Å². The van der Waals surface area contributed by atoms with Crippen molar-refractivity contribution in [3.8, 4) is 0 Å². The SMILES string of the molecule is CCOC(=O)c1ccccc1Nc1ccc(NC(=O)C2CCOCC2)cn1. The first-order valence-electron chi connectivity index (χ1n) is 9.05. The molecule has 1 aromatic carbocycles. The average molecular weight is 369 g/mol. The second-order valence-electron chi connectivity index (χ2n) is 6.20. The van der Waals surface area contributed by atoms with E-state index in [9.17, 15) is 9.59 Å². The number of hydrogen-bond acceptors (Lipinski definition) is 6. The Hall–Kier alpha value is -2.93. The van der Waals surface area contributed by atoms with Crippen LogP contribution < -0.4 is 10.6 Å². The van der Waals surface area contributed by atoms with Crippen molar-refractivity contribution in [2.75, 3.05) is 30.5 Å². The molecule has 0 aliphatic carbocycles. The van der Waals surface area contributed by atoms with E-state index in [1.54, 1.807) is 43.5 Å². The molecule has 7 heteroatoms. The summed E-state index contributed by atoms with van der Waals surface area (Å²) in [5.74, 6) is 0.151. The number of aromatic nitrogens is 1. The van der Waals surface area contributed by atoms with Crippen molar-refractivity contribution in [2.45, 2.75) is 19.8 Å². The molecule has 0 atom stereocenters. The van der Waals surface area contributed by atoms with Crippen LogP contribution in [0.2, 0.25) is 0 Å². The Bertz CT molecular complexity index is 786. The van der Waals surface area contributed by atoms with Crippen molar-refractivity contribution in [3.05, 3.63) is 48.2 Å². The number of nitrogens with one attached hydrogen (secondary N) is 2. The highest BCUT2D eigenvalue weighted by atomic mass is 16.5. The number of hydrogen-bond donors (Lipinski definition) is 2.